The van der Waals surface area contributed by atoms with E-state index in [4.69, 9.17) is 11.6 Å². The first-order valence-corrected chi connectivity index (χ1v) is 9.81. The van der Waals surface area contributed by atoms with Gasteiger partial charge in [-0.2, -0.15) is 0 Å². The fraction of sp³-hybridized carbons (Fsp3) is 0.650. The summed E-state index contributed by atoms with van der Waals surface area (Å²) in [6, 6.07) is 8.00. The van der Waals surface area contributed by atoms with Crippen LogP contribution in [0.15, 0.2) is 24.3 Å². The number of halogens is 2. The third-order valence-corrected chi connectivity index (χ3v) is 5.59. The molecule has 1 saturated carbocycles. The Labute approximate surface area is 162 Å². The molecular formula is C20H30Cl2N2O. The topological polar surface area (TPSA) is 32.3 Å². The highest BCUT2D eigenvalue weighted by atomic mass is 35.5. The summed E-state index contributed by atoms with van der Waals surface area (Å²) in [6.07, 6.45) is 7.73. The Hall–Kier alpha value is -0.770. The Kier molecular flexibility index (Phi) is 8.54. The first kappa shape index (κ1) is 20.5. The van der Waals surface area contributed by atoms with Gasteiger partial charge in [0, 0.05) is 24.5 Å². The molecule has 2 fully saturated rings. The predicted molar refractivity (Wildman–Crippen MR) is 107 cm³/mol. The number of hydrogen-bond donors (Lipinski definition) is 1. The molecule has 1 aromatic carbocycles. The zero-order valence-corrected chi connectivity index (χ0v) is 16.5. The molecule has 1 N–H and O–H groups in total. The molecule has 2 aliphatic rings. The van der Waals surface area contributed by atoms with Crippen LogP contribution in [0.25, 0.3) is 0 Å². The largest absolute Gasteiger partial charge is 0.342 e. The minimum Gasteiger partial charge on any atom is -0.342 e. The Morgan fingerprint density at radius 1 is 1.08 bits per heavy atom. The summed E-state index contributed by atoms with van der Waals surface area (Å²) in [4.78, 5) is 14.8. The highest BCUT2D eigenvalue weighted by Gasteiger charge is 2.27. The molecule has 1 amide bonds. The number of benzene rings is 1. The van der Waals surface area contributed by atoms with Gasteiger partial charge in [-0.25, -0.2) is 0 Å². The molecule has 25 heavy (non-hydrogen) atoms. The van der Waals surface area contributed by atoms with Crippen LogP contribution in [0.1, 0.15) is 44.1 Å². The Bertz CT molecular complexity index is 525. The molecule has 0 bridgehead atoms. The second-order valence-electron chi connectivity index (χ2n) is 7.39. The van der Waals surface area contributed by atoms with Crippen LogP contribution >= 0.6 is 24.0 Å². The van der Waals surface area contributed by atoms with Crippen molar-refractivity contribution in [2.75, 3.05) is 26.2 Å². The van der Waals surface area contributed by atoms with E-state index in [0.717, 1.165) is 62.3 Å². The van der Waals surface area contributed by atoms with Gasteiger partial charge in [-0.3, -0.25) is 4.79 Å². The fourth-order valence-electron chi connectivity index (χ4n) is 3.50. The van der Waals surface area contributed by atoms with Gasteiger partial charge in [0.15, 0.2) is 0 Å². The van der Waals surface area contributed by atoms with Crippen molar-refractivity contribution in [1.29, 1.82) is 0 Å². The second-order valence-corrected chi connectivity index (χ2v) is 7.83. The molecule has 0 atom stereocenters. The van der Waals surface area contributed by atoms with Gasteiger partial charge < -0.3 is 10.2 Å². The quantitative estimate of drug-likeness (QED) is 0.723. The maximum atomic E-state index is 12.7. The molecule has 0 radical (unpaired) electrons. The average molecular weight is 385 g/mol. The molecule has 0 aromatic heterocycles. The van der Waals surface area contributed by atoms with Crippen LogP contribution in [0, 0.1) is 11.8 Å². The molecule has 140 valence electrons. The molecule has 1 saturated heterocycles. The van der Waals surface area contributed by atoms with E-state index < -0.39 is 0 Å². The zero-order chi connectivity index (χ0) is 16.8. The number of amides is 1. The van der Waals surface area contributed by atoms with Crippen molar-refractivity contribution in [2.24, 2.45) is 11.8 Å². The zero-order valence-electron chi connectivity index (χ0n) is 14.9. The van der Waals surface area contributed by atoms with Crippen molar-refractivity contribution < 1.29 is 4.79 Å². The number of hydrogen-bond acceptors (Lipinski definition) is 2. The molecule has 1 aliphatic carbocycles. The molecule has 0 spiro atoms. The summed E-state index contributed by atoms with van der Waals surface area (Å²) in [6.45, 7) is 4.02. The van der Waals surface area contributed by atoms with Gasteiger partial charge in [-0.1, -0.05) is 23.7 Å². The average Bonchev–Trinajstić information content (AvgIpc) is 3.43. The number of carbonyl (C=O) groups is 1. The smallest absolute Gasteiger partial charge is 0.222 e. The van der Waals surface area contributed by atoms with Crippen molar-refractivity contribution in [3.05, 3.63) is 34.9 Å². The van der Waals surface area contributed by atoms with Crippen LogP contribution in [0.4, 0.5) is 0 Å². The van der Waals surface area contributed by atoms with Crippen LogP contribution < -0.4 is 5.32 Å². The number of nitrogens with one attached hydrogen (secondary N) is 1. The highest BCUT2D eigenvalue weighted by Crippen LogP contribution is 2.30. The first-order chi connectivity index (χ1) is 11.7. The maximum absolute atomic E-state index is 12.7. The SMILES string of the molecule is Cl.O=C(CCC1CCNCC1)N(CCc1ccc(Cl)cc1)CC1CC1. The van der Waals surface area contributed by atoms with E-state index in [1.54, 1.807) is 0 Å². The van der Waals surface area contributed by atoms with Crippen molar-refractivity contribution in [2.45, 2.75) is 44.9 Å². The third kappa shape index (κ3) is 7.16. The van der Waals surface area contributed by atoms with E-state index in [-0.39, 0.29) is 12.4 Å². The maximum Gasteiger partial charge on any atom is 0.222 e. The predicted octanol–water partition coefficient (Wildman–Crippen LogP) is 4.32. The number of nitrogens with zero attached hydrogens (tertiary/aromatic N) is 1. The van der Waals surface area contributed by atoms with Gasteiger partial charge in [-0.15, -0.1) is 12.4 Å². The molecule has 5 heteroatoms. The minimum absolute atomic E-state index is 0. The van der Waals surface area contributed by atoms with E-state index in [1.807, 2.05) is 12.1 Å². The van der Waals surface area contributed by atoms with Crippen molar-refractivity contribution in [3.63, 3.8) is 0 Å². The summed E-state index contributed by atoms with van der Waals surface area (Å²) >= 11 is 5.95. The lowest BCUT2D eigenvalue weighted by Gasteiger charge is -2.26. The van der Waals surface area contributed by atoms with Gasteiger partial charge in [0.1, 0.15) is 0 Å². The van der Waals surface area contributed by atoms with E-state index in [1.165, 1.54) is 31.2 Å². The molecule has 1 heterocycles. The minimum atomic E-state index is 0. The highest BCUT2D eigenvalue weighted by molar-refractivity contribution is 6.30. The van der Waals surface area contributed by atoms with Crippen LogP contribution in [0.5, 0.6) is 0 Å². The Morgan fingerprint density at radius 2 is 1.76 bits per heavy atom. The molecule has 1 aliphatic heterocycles. The summed E-state index contributed by atoms with van der Waals surface area (Å²) in [5.41, 5.74) is 1.26. The first-order valence-electron chi connectivity index (χ1n) is 9.43. The summed E-state index contributed by atoms with van der Waals surface area (Å²) in [5, 5.41) is 4.17. The normalized spacial score (nSPS) is 17.8. The van der Waals surface area contributed by atoms with Crippen molar-refractivity contribution in [3.8, 4) is 0 Å². The lowest BCUT2D eigenvalue weighted by molar-refractivity contribution is -0.131. The molecule has 3 nitrogen and oxygen atoms in total. The number of carbonyl (C=O) groups excluding carboxylic acids is 1. The molecule has 0 unspecified atom stereocenters. The van der Waals surface area contributed by atoms with E-state index in [2.05, 4.69) is 22.3 Å². The lowest BCUT2D eigenvalue weighted by atomic mass is 9.93. The number of piperidine rings is 1. The van der Waals surface area contributed by atoms with Gasteiger partial charge >= 0.3 is 0 Å². The second kappa shape index (κ2) is 10.4. The summed E-state index contributed by atoms with van der Waals surface area (Å²) < 4.78 is 0. The molecule has 3 rings (SSSR count). The summed E-state index contributed by atoms with van der Waals surface area (Å²) in [7, 11) is 0. The Morgan fingerprint density at radius 3 is 2.40 bits per heavy atom. The van der Waals surface area contributed by atoms with E-state index >= 15 is 0 Å². The van der Waals surface area contributed by atoms with E-state index in [0.29, 0.717) is 5.91 Å². The fourth-order valence-corrected chi connectivity index (χ4v) is 3.63. The van der Waals surface area contributed by atoms with Gasteiger partial charge in [-0.05, 0) is 81.1 Å². The summed E-state index contributed by atoms with van der Waals surface area (Å²) in [5.74, 6) is 1.83. The van der Waals surface area contributed by atoms with Crippen molar-refractivity contribution in [1.82, 2.24) is 10.2 Å². The van der Waals surface area contributed by atoms with Crippen LogP contribution in [-0.2, 0) is 11.2 Å². The molecule has 1 aromatic rings. The van der Waals surface area contributed by atoms with Crippen molar-refractivity contribution >= 4 is 29.9 Å². The van der Waals surface area contributed by atoms with Crippen LogP contribution in [0.3, 0.4) is 0 Å². The van der Waals surface area contributed by atoms with Gasteiger partial charge in [0.25, 0.3) is 0 Å². The van der Waals surface area contributed by atoms with Crippen LogP contribution in [-0.4, -0.2) is 37.0 Å². The van der Waals surface area contributed by atoms with E-state index in [9.17, 15) is 4.79 Å². The van der Waals surface area contributed by atoms with Gasteiger partial charge in [0.05, 0.1) is 0 Å². The standard InChI is InChI=1S/C20H29ClN2O.ClH/c21-19-6-3-16(4-7-19)11-14-23(15-18-1-2-18)20(24)8-5-17-9-12-22-13-10-17;/h3-4,6-7,17-18,22H,1-2,5,8-15H2;1H. The third-order valence-electron chi connectivity index (χ3n) is 5.34. The lowest BCUT2D eigenvalue weighted by Crippen LogP contribution is -2.35. The van der Waals surface area contributed by atoms with Gasteiger partial charge in [0.2, 0.25) is 5.91 Å². The van der Waals surface area contributed by atoms with Crippen LogP contribution in [0.2, 0.25) is 5.02 Å². The Balaban J connectivity index is 0.00000225. The monoisotopic (exact) mass is 384 g/mol. The molecular weight excluding hydrogens is 355 g/mol. The number of rotatable bonds is 8.